The average molecular weight is 154 g/mol. The summed E-state index contributed by atoms with van der Waals surface area (Å²) in [4.78, 5) is 0. The smallest absolute Gasteiger partial charge is 0.0442 e. The molecule has 0 bridgehead atoms. The Bertz CT molecular complexity index is 35.9. The van der Waals surface area contributed by atoms with Gasteiger partial charge in [0.1, 0.15) is 0 Å². The molecule has 3 heteroatoms. The van der Waals surface area contributed by atoms with Gasteiger partial charge in [0.2, 0.25) is 0 Å². The minimum atomic E-state index is 0.243. The lowest BCUT2D eigenvalue weighted by atomic mass is 10.4. The minimum absolute atomic E-state index is 0.243. The Morgan fingerprint density at radius 3 is 2.00 bits per heavy atom. The highest BCUT2D eigenvalue weighted by Crippen LogP contribution is 2.07. The molecular formula is C4H10S3. The predicted molar refractivity (Wildman–Crippen MR) is 44.8 cm³/mol. The SMILES string of the molecule is SCCCC(S)S. The van der Waals surface area contributed by atoms with E-state index >= 15 is 0 Å². The largest absolute Gasteiger partial charge is 0.179 e. The van der Waals surface area contributed by atoms with Crippen molar-refractivity contribution in [2.75, 3.05) is 5.75 Å². The Morgan fingerprint density at radius 1 is 1.29 bits per heavy atom. The minimum Gasteiger partial charge on any atom is -0.179 e. The van der Waals surface area contributed by atoms with E-state index < -0.39 is 0 Å². The maximum atomic E-state index is 4.06. The van der Waals surface area contributed by atoms with Gasteiger partial charge in [0.05, 0.1) is 0 Å². The Kier molecular flexibility index (Phi) is 5.97. The molecule has 0 nitrogen and oxygen atoms in total. The first kappa shape index (κ1) is 8.05. The normalized spacial score (nSPS) is 10.3. The summed E-state index contributed by atoms with van der Waals surface area (Å²) in [7, 11) is 0. The molecule has 0 spiro atoms. The molecule has 44 valence electrons. The van der Waals surface area contributed by atoms with Crippen molar-refractivity contribution in [3.8, 4) is 0 Å². The zero-order valence-corrected chi connectivity index (χ0v) is 6.72. The average Bonchev–Trinajstić information content (AvgIpc) is 1.61. The lowest BCUT2D eigenvalue weighted by molar-refractivity contribution is 0.888. The van der Waals surface area contributed by atoms with Gasteiger partial charge < -0.3 is 0 Å². The number of hydrogen-bond acceptors (Lipinski definition) is 3. The van der Waals surface area contributed by atoms with Crippen LogP contribution in [0.5, 0.6) is 0 Å². The fourth-order valence-corrected chi connectivity index (χ4v) is 0.822. The van der Waals surface area contributed by atoms with Crippen molar-refractivity contribution < 1.29 is 0 Å². The van der Waals surface area contributed by atoms with Crippen LogP contribution in [0.2, 0.25) is 0 Å². The van der Waals surface area contributed by atoms with Crippen LogP contribution < -0.4 is 0 Å². The summed E-state index contributed by atoms with van der Waals surface area (Å²) < 4.78 is 0.243. The Morgan fingerprint density at radius 2 is 1.86 bits per heavy atom. The van der Waals surface area contributed by atoms with E-state index in [0.29, 0.717) is 0 Å². The molecule has 0 unspecified atom stereocenters. The highest BCUT2D eigenvalue weighted by atomic mass is 32.2. The van der Waals surface area contributed by atoms with E-state index in [0.717, 1.165) is 18.6 Å². The van der Waals surface area contributed by atoms with Crippen LogP contribution in [0.1, 0.15) is 12.8 Å². The molecule has 0 aliphatic heterocycles. The zero-order chi connectivity index (χ0) is 5.70. The second-order valence-corrected chi connectivity index (χ2v) is 3.45. The maximum absolute atomic E-state index is 4.06. The Hall–Kier alpha value is 1.05. The fraction of sp³-hybridized carbons (Fsp3) is 1.00. The maximum Gasteiger partial charge on any atom is 0.0442 e. The van der Waals surface area contributed by atoms with E-state index in [1.54, 1.807) is 0 Å². The molecule has 0 aliphatic rings. The molecule has 0 aliphatic carbocycles. The van der Waals surface area contributed by atoms with Gasteiger partial charge in [0.25, 0.3) is 0 Å². The third kappa shape index (κ3) is 7.05. The van der Waals surface area contributed by atoms with E-state index in [1.165, 1.54) is 0 Å². The summed E-state index contributed by atoms with van der Waals surface area (Å²) in [5.41, 5.74) is 0. The van der Waals surface area contributed by atoms with Crippen molar-refractivity contribution in [2.45, 2.75) is 17.4 Å². The van der Waals surface area contributed by atoms with Crippen molar-refractivity contribution in [2.24, 2.45) is 0 Å². The second kappa shape index (κ2) is 5.19. The topological polar surface area (TPSA) is 0 Å². The van der Waals surface area contributed by atoms with E-state index in [1.807, 2.05) is 0 Å². The van der Waals surface area contributed by atoms with Crippen LogP contribution in [-0.2, 0) is 0 Å². The van der Waals surface area contributed by atoms with Gasteiger partial charge in [-0.05, 0) is 18.6 Å². The van der Waals surface area contributed by atoms with Crippen LogP contribution in [0.4, 0.5) is 0 Å². The number of thiol groups is 3. The lowest BCUT2D eigenvalue weighted by Gasteiger charge is -1.97. The van der Waals surface area contributed by atoms with Gasteiger partial charge in [-0.25, -0.2) is 0 Å². The third-order valence-corrected chi connectivity index (χ3v) is 1.45. The molecule has 0 rings (SSSR count). The van der Waals surface area contributed by atoms with Crippen LogP contribution in [-0.4, -0.2) is 10.3 Å². The standard InChI is InChI=1S/C4H10S3/c5-3-1-2-4(6)7/h4-7H,1-3H2. The summed E-state index contributed by atoms with van der Waals surface area (Å²) >= 11 is 12.2. The molecule has 0 aromatic rings. The first-order chi connectivity index (χ1) is 3.27. The van der Waals surface area contributed by atoms with Gasteiger partial charge in [0, 0.05) is 4.58 Å². The van der Waals surface area contributed by atoms with Gasteiger partial charge in [0.15, 0.2) is 0 Å². The Labute approximate surface area is 61.3 Å². The summed E-state index contributed by atoms with van der Waals surface area (Å²) in [6, 6.07) is 0. The molecule has 0 heterocycles. The molecule has 0 amide bonds. The van der Waals surface area contributed by atoms with Crippen molar-refractivity contribution in [3.63, 3.8) is 0 Å². The van der Waals surface area contributed by atoms with Gasteiger partial charge in [-0.15, -0.1) is 0 Å². The molecule has 0 fully saturated rings. The Balaban J connectivity index is 2.68. The quantitative estimate of drug-likeness (QED) is 0.401. The second-order valence-electron chi connectivity index (χ2n) is 1.35. The van der Waals surface area contributed by atoms with E-state index in [4.69, 9.17) is 0 Å². The monoisotopic (exact) mass is 154 g/mol. The highest BCUT2D eigenvalue weighted by Gasteiger charge is 1.90. The van der Waals surface area contributed by atoms with E-state index in [2.05, 4.69) is 37.9 Å². The highest BCUT2D eigenvalue weighted by molar-refractivity contribution is 7.99. The summed E-state index contributed by atoms with van der Waals surface area (Å²) in [6.45, 7) is 0. The van der Waals surface area contributed by atoms with Gasteiger partial charge >= 0.3 is 0 Å². The molecule has 0 N–H and O–H groups in total. The zero-order valence-electron chi connectivity index (χ0n) is 4.04. The van der Waals surface area contributed by atoms with Crippen molar-refractivity contribution in [1.29, 1.82) is 0 Å². The van der Waals surface area contributed by atoms with E-state index in [-0.39, 0.29) is 4.58 Å². The molecule has 0 aromatic carbocycles. The fourth-order valence-electron chi connectivity index (χ4n) is 0.274. The molecule has 0 saturated carbocycles. The summed E-state index contributed by atoms with van der Waals surface area (Å²) in [5, 5.41) is 0. The van der Waals surface area contributed by atoms with Crippen molar-refractivity contribution >= 4 is 37.9 Å². The predicted octanol–water partition coefficient (Wildman–Crippen LogP) is 1.88. The molecular weight excluding hydrogens is 144 g/mol. The van der Waals surface area contributed by atoms with Gasteiger partial charge in [-0.1, -0.05) is 0 Å². The third-order valence-electron chi connectivity index (χ3n) is 0.620. The van der Waals surface area contributed by atoms with E-state index in [9.17, 15) is 0 Å². The molecule has 0 aromatic heterocycles. The molecule has 0 radical (unpaired) electrons. The van der Waals surface area contributed by atoms with Crippen molar-refractivity contribution in [1.82, 2.24) is 0 Å². The van der Waals surface area contributed by atoms with Crippen LogP contribution in [0.3, 0.4) is 0 Å². The van der Waals surface area contributed by atoms with Crippen LogP contribution >= 0.6 is 37.9 Å². The van der Waals surface area contributed by atoms with Crippen LogP contribution in [0, 0.1) is 0 Å². The number of hydrogen-bond donors (Lipinski definition) is 3. The van der Waals surface area contributed by atoms with Crippen molar-refractivity contribution in [3.05, 3.63) is 0 Å². The van der Waals surface area contributed by atoms with Crippen LogP contribution in [0.25, 0.3) is 0 Å². The van der Waals surface area contributed by atoms with Gasteiger partial charge in [-0.2, -0.15) is 37.9 Å². The number of rotatable bonds is 3. The lowest BCUT2D eigenvalue weighted by Crippen LogP contribution is -1.86. The molecule has 0 atom stereocenters. The summed E-state index contributed by atoms with van der Waals surface area (Å²) in [6.07, 6.45) is 2.16. The first-order valence-electron chi connectivity index (χ1n) is 2.24. The van der Waals surface area contributed by atoms with Crippen LogP contribution in [0.15, 0.2) is 0 Å². The molecule has 0 saturated heterocycles. The summed E-state index contributed by atoms with van der Waals surface area (Å²) in [5.74, 6) is 0.942. The molecule has 7 heavy (non-hydrogen) atoms. The van der Waals surface area contributed by atoms with Gasteiger partial charge in [-0.3, -0.25) is 0 Å². The first-order valence-corrected chi connectivity index (χ1v) is 3.91.